The van der Waals surface area contributed by atoms with Crippen LogP contribution in [0.15, 0.2) is 27.9 Å². The number of aromatic amines is 1. The van der Waals surface area contributed by atoms with Gasteiger partial charge in [0.1, 0.15) is 4.70 Å². The molecule has 4 rings (SSSR count). The van der Waals surface area contributed by atoms with E-state index in [9.17, 15) is 23.6 Å². The summed E-state index contributed by atoms with van der Waals surface area (Å²) in [6.45, 7) is 1.18. The number of carbonyl (C=O) groups excluding carboxylic acids is 2. The number of piperazine rings is 1. The summed E-state index contributed by atoms with van der Waals surface area (Å²) in [6.07, 6.45) is 1.37. The van der Waals surface area contributed by atoms with Crippen LogP contribution in [0.25, 0.3) is 10.2 Å². The average molecular weight is 446 g/mol. The molecule has 0 saturated carbocycles. The van der Waals surface area contributed by atoms with Gasteiger partial charge in [-0.1, -0.05) is 0 Å². The number of fused-ring (bicyclic) bond motifs is 1. The van der Waals surface area contributed by atoms with Gasteiger partial charge in [-0.25, -0.2) is 14.2 Å². The molecule has 0 aliphatic carbocycles. The van der Waals surface area contributed by atoms with Gasteiger partial charge in [-0.15, -0.1) is 11.3 Å². The number of hydrogen-bond donors (Lipinski definition) is 2. The Morgan fingerprint density at radius 3 is 2.74 bits per heavy atom. The van der Waals surface area contributed by atoms with Crippen LogP contribution in [-0.4, -0.2) is 57.9 Å². The first-order chi connectivity index (χ1) is 14.8. The lowest BCUT2D eigenvalue weighted by Crippen LogP contribution is -2.50. The van der Waals surface area contributed by atoms with Crippen molar-refractivity contribution in [2.75, 3.05) is 31.6 Å². The van der Waals surface area contributed by atoms with Crippen LogP contribution >= 0.6 is 11.3 Å². The summed E-state index contributed by atoms with van der Waals surface area (Å²) in [7, 11) is 2.79. The second kappa shape index (κ2) is 7.95. The zero-order valence-corrected chi connectivity index (χ0v) is 17.6. The van der Waals surface area contributed by atoms with E-state index in [4.69, 9.17) is 0 Å². The highest BCUT2D eigenvalue weighted by Crippen LogP contribution is 2.24. The van der Waals surface area contributed by atoms with E-state index in [1.807, 2.05) is 0 Å². The second-order valence-electron chi connectivity index (χ2n) is 7.09. The van der Waals surface area contributed by atoms with Crippen molar-refractivity contribution in [1.29, 1.82) is 0 Å². The number of hydrogen-bond acceptors (Lipinski definition) is 7. The lowest BCUT2D eigenvalue weighted by molar-refractivity contribution is -0.131. The Kier molecular flexibility index (Phi) is 5.31. The number of aromatic nitrogens is 3. The van der Waals surface area contributed by atoms with Crippen LogP contribution in [0.1, 0.15) is 15.4 Å². The largest absolute Gasteiger partial charge is 0.359 e. The molecule has 1 aliphatic rings. The van der Waals surface area contributed by atoms with Crippen molar-refractivity contribution in [3.63, 3.8) is 0 Å². The summed E-state index contributed by atoms with van der Waals surface area (Å²) < 4.78 is 15.6. The van der Waals surface area contributed by atoms with E-state index in [2.05, 4.69) is 15.3 Å². The third-order valence-corrected chi connectivity index (χ3v) is 6.24. The third-order valence-electron chi connectivity index (χ3n) is 5.13. The van der Waals surface area contributed by atoms with Gasteiger partial charge < -0.3 is 20.1 Å². The van der Waals surface area contributed by atoms with Crippen molar-refractivity contribution in [1.82, 2.24) is 24.8 Å². The van der Waals surface area contributed by atoms with E-state index in [0.717, 1.165) is 9.44 Å². The molecule has 0 radical (unpaired) electrons. The van der Waals surface area contributed by atoms with Gasteiger partial charge in [0, 0.05) is 38.1 Å². The van der Waals surface area contributed by atoms with Gasteiger partial charge in [0.05, 0.1) is 30.5 Å². The summed E-state index contributed by atoms with van der Waals surface area (Å²) in [6, 6.07) is 2.90. The van der Waals surface area contributed by atoms with Gasteiger partial charge in [-0.2, -0.15) is 0 Å². The number of thiophene rings is 1. The molecule has 3 aromatic heterocycles. The molecule has 0 atom stereocenters. The molecule has 0 unspecified atom stereocenters. The smallest absolute Gasteiger partial charge is 0.328 e. The number of anilines is 1. The normalized spacial score (nSPS) is 14.4. The number of H-pyrrole nitrogens is 1. The van der Waals surface area contributed by atoms with Gasteiger partial charge in [0.2, 0.25) is 5.91 Å². The van der Waals surface area contributed by atoms with Gasteiger partial charge in [0.25, 0.3) is 11.5 Å². The van der Waals surface area contributed by atoms with Crippen LogP contribution in [0.3, 0.4) is 0 Å². The number of amides is 2. The van der Waals surface area contributed by atoms with Gasteiger partial charge >= 0.3 is 5.69 Å². The molecule has 2 N–H and O–H groups in total. The molecule has 12 heteroatoms. The Bertz CT molecular complexity index is 1310. The highest BCUT2D eigenvalue weighted by Gasteiger charge is 2.26. The van der Waals surface area contributed by atoms with Crippen LogP contribution < -0.4 is 21.5 Å². The van der Waals surface area contributed by atoms with Crippen LogP contribution in [0.5, 0.6) is 0 Å². The fourth-order valence-electron chi connectivity index (χ4n) is 3.39. The molecule has 3 aromatic rings. The minimum atomic E-state index is -0.757. The van der Waals surface area contributed by atoms with Crippen molar-refractivity contribution in [3.05, 3.63) is 55.6 Å². The lowest BCUT2D eigenvalue weighted by Gasteiger charge is -2.35. The van der Waals surface area contributed by atoms with Crippen LogP contribution in [-0.2, 0) is 18.4 Å². The van der Waals surface area contributed by atoms with Crippen molar-refractivity contribution in [3.8, 4) is 0 Å². The predicted octanol–water partition coefficient (Wildman–Crippen LogP) is 0.0308. The topological polar surface area (TPSA) is 120 Å². The summed E-state index contributed by atoms with van der Waals surface area (Å²) in [5.41, 5.74) is -0.293. The SMILES string of the molecule is CNC(=O)c1ncc(N2CCN(Cc3cc4[nH]c(=O)n(C)c(=O)c4s3)C(=O)C2)cc1F. The molecule has 0 aromatic carbocycles. The Labute approximate surface area is 178 Å². The first-order valence-corrected chi connectivity index (χ1v) is 10.2. The number of rotatable bonds is 4. The molecule has 162 valence electrons. The Morgan fingerprint density at radius 1 is 1.29 bits per heavy atom. The second-order valence-corrected chi connectivity index (χ2v) is 8.23. The van der Waals surface area contributed by atoms with E-state index >= 15 is 0 Å². The Balaban J connectivity index is 1.48. The number of halogens is 1. The zero-order valence-electron chi connectivity index (χ0n) is 16.8. The van der Waals surface area contributed by atoms with Gasteiger partial charge in [-0.3, -0.25) is 19.0 Å². The van der Waals surface area contributed by atoms with Crippen molar-refractivity contribution < 1.29 is 14.0 Å². The van der Waals surface area contributed by atoms with E-state index in [-0.39, 0.29) is 23.7 Å². The molecule has 2 amide bonds. The van der Waals surface area contributed by atoms with E-state index in [1.165, 1.54) is 37.7 Å². The lowest BCUT2D eigenvalue weighted by atomic mass is 10.2. The fourth-order valence-corrected chi connectivity index (χ4v) is 4.49. The molecule has 0 bridgehead atoms. The van der Waals surface area contributed by atoms with Crippen molar-refractivity contribution >= 4 is 39.1 Å². The van der Waals surface area contributed by atoms with Crippen molar-refractivity contribution in [2.45, 2.75) is 6.54 Å². The maximum absolute atomic E-state index is 14.2. The third kappa shape index (κ3) is 3.81. The van der Waals surface area contributed by atoms with Crippen LogP contribution in [0.2, 0.25) is 0 Å². The molecule has 31 heavy (non-hydrogen) atoms. The zero-order chi connectivity index (χ0) is 22.3. The van der Waals surface area contributed by atoms with Crippen molar-refractivity contribution in [2.24, 2.45) is 7.05 Å². The molecule has 1 fully saturated rings. The molecule has 10 nitrogen and oxygen atoms in total. The predicted molar refractivity (Wildman–Crippen MR) is 113 cm³/mol. The summed E-state index contributed by atoms with van der Waals surface area (Å²) >= 11 is 1.24. The number of nitrogens with one attached hydrogen (secondary N) is 2. The highest BCUT2D eigenvalue weighted by atomic mass is 32.1. The maximum atomic E-state index is 14.2. The summed E-state index contributed by atoms with van der Waals surface area (Å²) in [4.78, 5) is 58.9. The maximum Gasteiger partial charge on any atom is 0.328 e. The Morgan fingerprint density at radius 2 is 2.06 bits per heavy atom. The van der Waals surface area contributed by atoms with E-state index in [1.54, 1.807) is 15.9 Å². The van der Waals surface area contributed by atoms with Gasteiger partial charge in [-0.05, 0) is 6.07 Å². The Hall–Kier alpha value is -3.54. The number of pyridine rings is 1. The first-order valence-electron chi connectivity index (χ1n) is 9.40. The monoisotopic (exact) mass is 446 g/mol. The molecular formula is C19H19FN6O4S. The molecule has 1 aliphatic heterocycles. The minimum absolute atomic E-state index is 0.0317. The van der Waals surface area contributed by atoms with Gasteiger partial charge in [0.15, 0.2) is 11.5 Å². The fraction of sp³-hybridized carbons (Fsp3) is 0.316. The highest BCUT2D eigenvalue weighted by molar-refractivity contribution is 7.18. The molecular weight excluding hydrogens is 427 g/mol. The minimum Gasteiger partial charge on any atom is -0.359 e. The standard InChI is InChI=1S/C19H19FN6O4S/c1-21-17(28)15-12(20)5-10(7-22-15)25-3-4-26(14(27)9-25)8-11-6-13-16(31-11)18(29)24(2)19(30)23-13/h5-7H,3-4,8-9H2,1-2H3,(H,21,28)(H,23,30). The van der Waals surface area contributed by atoms with E-state index in [0.29, 0.717) is 35.5 Å². The first kappa shape index (κ1) is 20.7. The quantitative estimate of drug-likeness (QED) is 0.584. The van der Waals surface area contributed by atoms with Crippen LogP contribution in [0, 0.1) is 5.82 Å². The summed E-state index contributed by atoms with van der Waals surface area (Å²) in [5, 5.41) is 2.32. The van der Waals surface area contributed by atoms with Crippen LogP contribution in [0.4, 0.5) is 10.1 Å². The summed E-state index contributed by atoms with van der Waals surface area (Å²) in [5.74, 6) is -1.54. The molecule has 4 heterocycles. The molecule has 0 spiro atoms. The average Bonchev–Trinajstić information content (AvgIpc) is 3.15. The molecule has 1 saturated heterocycles. The number of nitrogens with zero attached hydrogens (tertiary/aromatic N) is 4. The number of carbonyl (C=O) groups is 2. The van der Waals surface area contributed by atoms with E-state index < -0.39 is 17.4 Å².